The Balaban J connectivity index is 1.80. The summed E-state index contributed by atoms with van der Waals surface area (Å²) in [6, 6.07) is 0.705. The van der Waals surface area contributed by atoms with E-state index in [1.807, 2.05) is 6.20 Å². The number of nitrogens with zero attached hydrogens (tertiary/aromatic N) is 1. The fourth-order valence-corrected chi connectivity index (χ4v) is 3.27. The van der Waals surface area contributed by atoms with Gasteiger partial charge >= 0.3 is 0 Å². The van der Waals surface area contributed by atoms with Crippen molar-refractivity contribution in [3.63, 3.8) is 0 Å². The highest BCUT2D eigenvalue weighted by Crippen LogP contribution is 2.29. The molecule has 0 amide bonds. The first-order chi connectivity index (χ1) is 7.40. The second-order valence-electron chi connectivity index (χ2n) is 4.40. The summed E-state index contributed by atoms with van der Waals surface area (Å²) in [5, 5.41) is 6.84. The Labute approximate surface area is 96.1 Å². The molecular formula is C12H20N2S. The molecule has 2 rings (SSSR count). The first kappa shape index (κ1) is 11.1. The van der Waals surface area contributed by atoms with E-state index in [1.165, 1.54) is 37.1 Å². The number of thiazole rings is 1. The normalized spacial score (nSPS) is 19.5. The van der Waals surface area contributed by atoms with Crippen LogP contribution >= 0.6 is 11.3 Å². The van der Waals surface area contributed by atoms with E-state index >= 15 is 0 Å². The number of hydrogen-bond donors (Lipinski definition) is 1. The van der Waals surface area contributed by atoms with Crippen LogP contribution < -0.4 is 5.32 Å². The van der Waals surface area contributed by atoms with E-state index in [0.29, 0.717) is 6.04 Å². The third kappa shape index (κ3) is 3.02. The second-order valence-corrected chi connectivity index (χ2v) is 5.38. The molecule has 1 saturated carbocycles. The summed E-state index contributed by atoms with van der Waals surface area (Å²) in [6.45, 7) is 0. The molecule has 1 unspecified atom stereocenters. The molecule has 0 aliphatic heterocycles. The van der Waals surface area contributed by atoms with Crippen molar-refractivity contribution in [2.75, 3.05) is 7.05 Å². The van der Waals surface area contributed by atoms with E-state index in [-0.39, 0.29) is 0 Å². The Hall–Kier alpha value is -0.410. The second kappa shape index (κ2) is 5.61. The van der Waals surface area contributed by atoms with Crippen molar-refractivity contribution >= 4 is 11.3 Å². The minimum absolute atomic E-state index is 0.705. The first-order valence-electron chi connectivity index (χ1n) is 5.96. The van der Waals surface area contributed by atoms with Gasteiger partial charge in [0.15, 0.2) is 0 Å². The summed E-state index contributed by atoms with van der Waals surface area (Å²) in [5.41, 5.74) is 0. The van der Waals surface area contributed by atoms with Crippen LogP contribution in [-0.2, 0) is 6.42 Å². The molecule has 0 aromatic carbocycles. The van der Waals surface area contributed by atoms with Crippen molar-refractivity contribution in [3.05, 3.63) is 16.6 Å². The molecule has 15 heavy (non-hydrogen) atoms. The smallest absolute Gasteiger partial charge is 0.0925 e. The quantitative estimate of drug-likeness (QED) is 0.832. The van der Waals surface area contributed by atoms with Crippen molar-refractivity contribution in [2.24, 2.45) is 5.92 Å². The predicted octanol–water partition coefficient (Wildman–Crippen LogP) is 2.85. The molecule has 2 nitrogen and oxygen atoms in total. The largest absolute Gasteiger partial charge is 0.317 e. The minimum Gasteiger partial charge on any atom is -0.317 e. The first-order valence-corrected chi connectivity index (χ1v) is 6.83. The van der Waals surface area contributed by atoms with Gasteiger partial charge in [-0.1, -0.05) is 12.8 Å². The van der Waals surface area contributed by atoms with Gasteiger partial charge in [0.2, 0.25) is 0 Å². The number of rotatable bonds is 5. The fourth-order valence-electron chi connectivity index (χ4n) is 2.63. The number of nitrogens with one attached hydrogen (secondary N) is 1. The maximum absolute atomic E-state index is 4.34. The summed E-state index contributed by atoms with van der Waals surface area (Å²) in [5.74, 6) is 0.912. The lowest BCUT2D eigenvalue weighted by Gasteiger charge is -2.22. The Morgan fingerprint density at radius 2 is 2.33 bits per heavy atom. The van der Waals surface area contributed by atoms with Gasteiger partial charge in [0.25, 0.3) is 0 Å². The zero-order valence-electron chi connectivity index (χ0n) is 9.41. The lowest BCUT2D eigenvalue weighted by atomic mass is 9.94. The van der Waals surface area contributed by atoms with E-state index in [1.54, 1.807) is 11.3 Å². The highest BCUT2D eigenvalue weighted by Gasteiger charge is 2.23. The maximum atomic E-state index is 4.34. The van der Waals surface area contributed by atoms with Crippen LogP contribution in [0.1, 0.15) is 37.1 Å². The lowest BCUT2D eigenvalue weighted by molar-refractivity contribution is 0.360. The third-order valence-electron chi connectivity index (χ3n) is 3.49. The molecule has 0 radical (unpaired) electrons. The molecule has 0 saturated heterocycles. The molecule has 0 spiro atoms. The van der Waals surface area contributed by atoms with Crippen LogP contribution in [0.15, 0.2) is 11.6 Å². The van der Waals surface area contributed by atoms with Crippen LogP contribution in [0.3, 0.4) is 0 Å². The zero-order valence-corrected chi connectivity index (χ0v) is 10.2. The van der Waals surface area contributed by atoms with Crippen molar-refractivity contribution in [2.45, 2.75) is 44.6 Å². The highest BCUT2D eigenvalue weighted by molar-refractivity contribution is 7.09. The van der Waals surface area contributed by atoms with E-state index in [2.05, 4.69) is 22.7 Å². The monoisotopic (exact) mass is 224 g/mol. The number of aryl methyl sites for hydroxylation is 1. The van der Waals surface area contributed by atoms with Crippen LogP contribution in [0.2, 0.25) is 0 Å². The average Bonchev–Trinajstić information content (AvgIpc) is 2.90. The fraction of sp³-hybridized carbons (Fsp3) is 0.750. The van der Waals surface area contributed by atoms with E-state index in [4.69, 9.17) is 0 Å². The van der Waals surface area contributed by atoms with Gasteiger partial charge in [-0.05, 0) is 32.2 Å². The summed E-state index contributed by atoms with van der Waals surface area (Å²) >= 11 is 1.78. The topological polar surface area (TPSA) is 24.9 Å². The molecule has 84 valence electrons. The number of hydrogen-bond acceptors (Lipinski definition) is 3. The summed E-state index contributed by atoms with van der Waals surface area (Å²) in [7, 11) is 2.10. The molecule has 1 atom stereocenters. The van der Waals surface area contributed by atoms with Crippen molar-refractivity contribution in [3.8, 4) is 0 Å². The van der Waals surface area contributed by atoms with Crippen LogP contribution in [0.5, 0.6) is 0 Å². The van der Waals surface area contributed by atoms with Gasteiger partial charge in [-0.25, -0.2) is 4.98 Å². The van der Waals surface area contributed by atoms with E-state index in [9.17, 15) is 0 Å². The molecule has 1 fully saturated rings. The molecule has 0 bridgehead atoms. The minimum atomic E-state index is 0.705. The van der Waals surface area contributed by atoms with Crippen LogP contribution in [0, 0.1) is 5.92 Å². The molecule has 1 N–H and O–H groups in total. The van der Waals surface area contributed by atoms with Gasteiger partial charge in [0, 0.05) is 24.0 Å². The molecule has 3 heteroatoms. The van der Waals surface area contributed by atoms with Crippen molar-refractivity contribution in [1.29, 1.82) is 0 Å². The zero-order chi connectivity index (χ0) is 10.5. The highest BCUT2D eigenvalue weighted by atomic mass is 32.1. The van der Waals surface area contributed by atoms with Crippen molar-refractivity contribution < 1.29 is 0 Å². The van der Waals surface area contributed by atoms with Gasteiger partial charge in [-0.3, -0.25) is 0 Å². The molecule has 1 aliphatic rings. The SMILES string of the molecule is CNC(CCc1nccs1)C1CCCC1. The lowest BCUT2D eigenvalue weighted by Crippen LogP contribution is -2.32. The Morgan fingerprint density at radius 1 is 1.53 bits per heavy atom. The third-order valence-corrected chi connectivity index (χ3v) is 4.33. The Kier molecular flexibility index (Phi) is 4.15. The number of aromatic nitrogens is 1. The summed E-state index contributed by atoms with van der Waals surface area (Å²) < 4.78 is 0. The standard InChI is InChI=1S/C12H20N2S/c1-13-11(10-4-2-3-5-10)6-7-12-14-8-9-15-12/h8-11,13H,2-7H2,1H3. The summed E-state index contributed by atoms with van der Waals surface area (Å²) in [6.07, 6.45) is 9.99. The van der Waals surface area contributed by atoms with Gasteiger partial charge in [0.1, 0.15) is 0 Å². The molecule has 1 aliphatic carbocycles. The van der Waals surface area contributed by atoms with E-state index < -0.39 is 0 Å². The summed E-state index contributed by atoms with van der Waals surface area (Å²) in [4.78, 5) is 4.34. The van der Waals surface area contributed by atoms with E-state index in [0.717, 1.165) is 12.3 Å². The predicted molar refractivity (Wildman–Crippen MR) is 65.2 cm³/mol. The molecular weight excluding hydrogens is 204 g/mol. The van der Waals surface area contributed by atoms with Gasteiger partial charge in [-0.2, -0.15) is 0 Å². The van der Waals surface area contributed by atoms with Crippen LogP contribution in [0.4, 0.5) is 0 Å². The molecule has 1 heterocycles. The molecule has 1 aromatic heterocycles. The van der Waals surface area contributed by atoms with Gasteiger partial charge in [0.05, 0.1) is 5.01 Å². The van der Waals surface area contributed by atoms with Crippen LogP contribution in [0.25, 0.3) is 0 Å². The maximum Gasteiger partial charge on any atom is 0.0925 e. The Morgan fingerprint density at radius 3 is 2.93 bits per heavy atom. The molecule has 1 aromatic rings. The van der Waals surface area contributed by atoms with Crippen molar-refractivity contribution in [1.82, 2.24) is 10.3 Å². The van der Waals surface area contributed by atoms with Gasteiger partial charge < -0.3 is 5.32 Å². The Bertz CT molecular complexity index is 265. The van der Waals surface area contributed by atoms with Gasteiger partial charge in [-0.15, -0.1) is 11.3 Å². The average molecular weight is 224 g/mol. The van der Waals surface area contributed by atoms with Crippen LogP contribution in [-0.4, -0.2) is 18.1 Å².